The van der Waals surface area contributed by atoms with Crippen LogP contribution in [0, 0.1) is 6.92 Å². The first-order valence-corrected chi connectivity index (χ1v) is 7.38. The molecule has 19 heavy (non-hydrogen) atoms. The van der Waals surface area contributed by atoms with E-state index in [1.54, 1.807) is 0 Å². The second kappa shape index (κ2) is 6.71. The van der Waals surface area contributed by atoms with Crippen LogP contribution in [0.1, 0.15) is 24.6 Å². The van der Waals surface area contributed by atoms with Crippen LogP contribution in [0.2, 0.25) is 0 Å². The van der Waals surface area contributed by atoms with Crippen molar-refractivity contribution in [3.63, 3.8) is 0 Å². The molecule has 0 saturated carbocycles. The Kier molecular flexibility index (Phi) is 4.97. The molecule has 0 bridgehead atoms. The number of hydrogen-bond acceptors (Lipinski definition) is 2. The summed E-state index contributed by atoms with van der Waals surface area (Å²) in [5.41, 5.74) is 3.53. The zero-order valence-corrected chi connectivity index (χ0v) is 12.9. The van der Waals surface area contributed by atoms with Gasteiger partial charge in [-0.3, -0.25) is 0 Å². The van der Waals surface area contributed by atoms with Crippen molar-refractivity contribution in [1.82, 2.24) is 4.98 Å². The van der Waals surface area contributed by atoms with Gasteiger partial charge < -0.3 is 5.32 Å². The summed E-state index contributed by atoms with van der Waals surface area (Å²) in [7, 11) is 0. The third-order valence-corrected chi connectivity index (χ3v) is 3.60. The topological polar surface area (TPSA) is 24.9 Å². The second-order valence-electron chi connectivity index (χ2n) is 4.84. The molecule has 0 fully saturated rings. The predicted octanol–water partition coefficient (Wildman–Crippen LogP) is 4.59. The minimum absolute atomic E-state index is 0.432. The highest BCUT2D eigenvalue weighted by atomic mass is 79.9. The third kappa shape index (κ3) is 4.35. The van der Waals surface area contributed by atoms with E-state index in [-0.39, 0.29) is 0 Å². The average molecular weight is 319 g/mol. The Hall–Kier alpha value is -1.35. The highest BCUT2D eigenvalue weighted by molar-refractivity contribution is 9.10. The number of hydrogen-bond donors (Lipinski definition) is 1. The Labute approximate surface area is 123 Å². The molecule has 1 N–H and O–H groups in total. The van der Waals surface area contributed by atoms with E-state index >= 15 is 0 Å². The van der Waals surface area contributed by atoms with Crippen LogP contribution in [0.5, 0.6) is 0 Å². The summed E-state index contributed by atoms with van der Waals surface area (Å²) in [6.07, 6.45) is 2.21. The number of halogens is 1. The third-order valence-electron chi connectivity index (χ3n) is 3.16. The Morgan fingerprint density at radius 2 is 1.89 bits per heavy atom. The number of benzene rings is 1. The van der Waals surface area contributed by atoms with E-state index in [1.807, 2.05) is 13.0 Å². The van der Waals surface area contributed by atoms with Gasteiger partial charge in [0.25, 0.3) is 0 Å². The zero-order valence-electron chi connectivity index (χ0n) is 11.4. The van der Waals surface area contributed by atoms with Crippen LogP contribution in [-0.2, 0) is 6.42 Å². The SMILES string of the molecule is Cc1nc(Br)ccc1NC(C)CCc1ccccc1. The lowest BCUT2D eigenvalue weighted by atomic mass is 10.1. The fourth-order valence-corrected chi connectivity index (χ4v) is 2.45. The summed E-state index contributed by atoms with van der Waals surface area (Å²) in [5.74, 6) is 0. The summed E-state index contributed by atoms with van der Waals surface area (Å²) in [5, 5.41) is 3.52. The maximum Gasteiger partial charge on any atom is 0.106 e. The lowest BCUT2D eigenvalue weighted by Gasteiger charge is -2.16. The van der Waals surface area contributed by atoms with Crippen molar-refractivity contribution < 1.29 is 0 Å². The lowest BCUT2D eigenvalue weighted by Crippen LogP contribution is -2.17. The van der Waals surface area contributed by atoms with Crippen molar-refractivity contribution in [2.75, 3.05) is 5.32 Å². The second-order valence-corrected chi connectivity index (χ2v) is 5.65. The molecule has 1 aromatic carbocycles. The van der Waals surface area contributed by atoms with Gasteiger partial charge in [0.1, 0.15) is 4.60 Å². The van der Waals surface area contributed by atoms with Gasteiger partial charge in [0, 0.05) is 6.04 Å². The Balaban J connectivity index is 1.89. The van der Waals surface area contributed by atoms with E-state index in [0.29, 0.717) is 6.04 Å². The maximum atomic E-state index is 4.40. The van der Waals surface area contributed by atoms with Crippen molar-refractivity contribution in [1.29, 1.82) is 0 Å². The van der Waals surface area contributed by atoms with E-state index in [0.717, 1.165) is 28.8 Å². The van der Waals surface area contributed by atoms with Crippen LogP contribution < -0.4 is 5.32 Å². The molecule has 0 aliphatic carbocycles. The molecule has 0 aliphatic heterocycles. The van der Waals surface area contributed by atoms with Gasteiger partial charge >= 0.3 is 0 Å². The van der Waals surface area contributed by atoms with Crippen LogP contribution >= 0.6 is 15.9 Å². The molecule has 2 rings (SSSR count). The molecule has 1 heterocycles. The number of aromatic nitrogens is 1. The summed E-state index contributed by atoms with van der Waals surface area (Å²) >= 11 is 3.38. The molecule has 2 nitrogen and oxygen atoms in total. The first-order valence-electron chi connectivity index (χ1n) is 6.59. The van der Waals surface area contributed by atoms with E-state index in [4.69, 9.17) is 0 Å². The van der Waals surface area contributed by atoms with Gasteiger partial charge in [-0.15, -0.1) is 0 Å². The molecule has 1 aromatic heterocycles. The molecule has 0 amide bonds. The van der Waals surface area contributed by atoms with Gasteiger partial charge in [0.15, 0.2) is 0 Å². The van der Waals surface area contributed by atoms with E-state index in [9.17, 15) is 0 Å². The van der Waals surface area contributed by atoms with Crippen LogP contribution in [0.25, 0.3) is 0 Å². The minimum atomic E-state index is 0.432. The van der Waals surface area contributed by atoms with Crippen LogP contribution in [-0.4, -0.2) is 11.0 Å². The standard InChI is InChI=1S/C16H19BrN2/c1-12(8-9-14-6-4-3-5-7-14)18-15-10-11-16(17)19-13(15)2/h3-7,10-12,18H,8-9H2,1-2H3. The first kappa shape index (κ1) is 14.1. The van der Waals surface area contributed by atoms with Crippen molar-refractivity contribution in [2.24, 2.45) is 0 Å². The quantitative estimate of drug-likeness (QED) is 0.816. The Morgan fingerprint density at radius 1 is 1.16 bits per heavy atom. The fourth-order valence-electron chi connectivity index (χ4n) is 2.05. The first-order chi connectivity index (χ1) is 9.15. The van der Waals surface area contributed by atoms with Crippen molar-refractivity contribution in [3.05, 3.63) is 58.3 Å². The molecule has 3 heteroatoms. The zero-order chi connectivity index (χ0) is 13.7. The molecule has 1 atom stereocenters. The molecular formula is C16H19BrN2. The molecule has 0 spiro atoms. The van der Waals surface area contributed by atoms with E-state index in [2.05, 4.69) is 69.6 Å². The maximum absolute atomic E-state index is 4.40. The number of aryl methyl sites for hydroxylation is 2. The highest BCUT2D eigenvalue weighted by Crippen LogP contribution is 2.18. The largest absolute Gasteiger partial charge is 0.381 e. The van der Waals surface area contributed by atoms with Gasteiger partial charge in [-0.25, -0.2) is 4.98 Å². The van der Waals surface area contributed by atoms with Gasteiger partial charge in [-0.05, 0) is 60.3 Å². The monoisotopic (exact) mass is 318 g/mol. The number of rotatable bonds is 5. The molecule has 0 saturated heterocycles. The van der Waals surface area contributed by atoms with Crippen molar-refractivity contribution in [2.45, 2.75) is 32.7 Å². The number of pyridine rings is 1. The summed E-state index contributed by atoms with van der Waals surface area (Å²) in [6.45, 7) is 4.24. The number of nitrogens with zero attached hydrogens (tertiary/aromatic N) is 1. The Bertz CT molecular complexity index is 526. The molecule has 1 unspecified atom stereocenters. The van der Waals surface area contributed by atoms with Crippen LogP contribution in [0.15, 0.2) is 47.1 Å². The highest BCUT2D eigenvalue weighted by Gasteiger charge is 2.06. The molecule has 0 aliphatic rings. The Morgan fingerprint density at radius 3 is 2.58 bits per heavy atom. The number of anilines is 1. The summed E-state index contributed by atoms with van der Waals surface area (Å²) < 4.78 is 0.882. The molecule has 100 valence electrons. The fraction of sp³-hybridized carbons (Fsp3) is 0.312. The van der Waals surface area contributed by atoms with Gasteiger partial charge in [-0.1, -0.05) is 30.3 Å². The number of nitrogens with one attached hydrogen (secondary N) is 1. The average Bonchev–Trinajstić information content (AvgIpc) is 2.41. The predicted molar refractivity (Wildman–Crippen MR) is 84.5 cm³/mol. The van der Waals surface area contributed by atoms with Crippen LogP contribution in [0.3, 0.4) is 0 Å². The van der Waals surface area contributed by atoms with E-state index < -0.39 is 0 Å². The normalized spacial score (nSPS) is 12.2. The van der Waals surface area contributed by atoms with Crippen molar-refractivity contribution >= 4 is 21.6 Å². The summed E-state index contributed by atoms with van der Waals surface area (Å²) in [4.78, 5) is 4.40. The van der Waals surface area contributed by atoms with Gasteiger partial charge in [-0.2, -0.15) is 0 Å². The smallest absolute Gasteiger partial charge is 0.106 e. The van der Waals surface area contributed by atoms with Crippen LogP contribution in [0.4, 0.5) is 5.69 Å². The van der Waals surface area contributed by atoms with Gasteiger partial charge in [0.2, 0.25) is 0 Å². The van der Waals surface area contributed by atoms with Gasteiger partial charge in [0.05, 0.1) is 11.4 Å². The molecular weight excluding hydrogens is 300 g/mol. The van der Waals surface area contributed by atoms with E-state index in [1.165, 1.54) is 5.56 Å². The molecule has 2 aromatic rings. The molecule has 0 radical (unpaired) electrons. The lowest BCUT2D eigenvalue weighted by molar-refractivity contribution is 0.705. The van der Waals surface area contributed by atoms with Crippen molar-refractivity contribution in [3.8, 4) is 0 Å². The minimum Gasteiger partial charge on any atom is -0.381 e. The summed E-state index contributed by atoms with van der Waals surface area (Å²) in [6, 6.07) is 15.1.